The van der Waals surface area contributed by atoms with Crippen molar-refractivity contribution in [3.63, 3.8) is 0 Å². The molecule has 0 amide bonds. The number of carbonyl (C=O) groups is 1. The Hall–Kier alpha value is -2.14. The van der Waals surface area contributed by atoms with Crippen LogP contribution in [0.1, 0.15) is 29.6 Å². The predicted molar refractivity (Wildman–Crippen MR) is 83.4 cm³/mol. The fraction of sp³-hybridized carbons (Fsp3) is 0.412. The summed E-state index contributed by atoms with van der Waals surface area (Å²) in [4.78, 5) is 18.0. The molecule has 2 bridgehead atoms. The molecule has 1 N–H and O–H groups in total. The number of ether oxygens (including phenoxy) is 1. The smallest absolute Gasteiger partial charge is 0.336 e. The number of nitrogens with zero attached hydrogens (tertiary/aromatic N) is 2. The van der Waals surface area contributed by atoms with E-state index in [1.54, 1.807) is 12.3 Å². The molecule has 5 heteroatoms. The first-order chi connectivity index (χ1) is 10.7. The lowest BCUT2D eigenvalue weighted by atomic mass is 9.98. The van der Waals surface area contributed by atoms with Crippen molar-refractivity contribution in [1.82, 2.24) is 4.98 Å². The zero-order valence-corrected chi connectivity index (χ0v) is 12.2. The monoisotopic (exact) mass is 298 g/mol. The van der Waals surface area contributed by atoms with Gasteiger partial charge in [0.25, 0.3) is 0 Å². The van der Waals surface area contributed by atoms with Crippen molar-refractivity contribution >= 4 is 22.6 Å². The van der Waals surface area contributed by atoms with Gasteiger partial charge in [-0.2, -0.15) is 0 Å². The Morgan fingerprint density at radius 1 is 1.23 bits per heavy atom. The molecule has 0 radical (unpaired) electrons. The molecule has 3 heterocycles. The van der Waals surface area contributed by atoms with Crippen LogP contribution in [0.2, 0.25) is 0 Å². The number of benzene rings is 1. The fourth-order valence-corrected chi connectivity index (χ4v) is 3.54. The molecule has 5 nitrogen and oxygen atoms in total. The number of carboxylic acids is 1. The molecule has 22 heavy (non-hydrogen) atoms. The average molecular weight is 298 g/mol. The van der Waals surface area contributed by atoms with Gasteiger partial charge in [-0.3, -0.25) is 4.98 Å². The van der Waals surface area contributed by atoms with Crippen molar-refractivity contribution in [1.29, 1.82) is 0 Å². The Morgan fingerprint density at radius 2 is 2.00 bits per heavy atom. The third kappa shape index (κ3) is 2.31. The lowest BCUT2D eigenvalue weighted by Gasteiger charge is -2.42. The molecule has 0 saturated carbocycles. The molecule has 2 fully saturated rings. The second-order valence-corrected chi connectivity index (χ2v) is 6.08. The van der Waals surface area contributed by atoms with E-state index in [-0.39, 0.29) is 0 Å². The summed E-state index contributed by atoms with van der Waals surface area (Å²) in [7, 11) is 0. The highest BCUT2D eigenvalue weighted by Crippen LogP contribution is 2.30. The quantitative estimate of drug-likeness (QED) is 0.923. The summed E-state index contributed by atoms with van der Waals surface area (Å²) in [6.45, 7) is 1.76. The molecule has 4 rings (SSSR count). The van der Waals surface area contributed by atoms with Crippen molar-refractivity contribution < 1.29 is 14.6 Å². The van der Waals surface area contributed by atoms with Crippen LogP contribution in [0.3, 0.4) is 0 Å². The van der Waals surface area contributed by atoms with Crippen LogP contribution < -0.4 is 4.90 Å². The van der Waals surface area contributed by atoms with Crippen LogP contribution in [0, 0.1) is 0 Å². The lowest BCUT2D eigenvalue weighted by molar-refractivity contribution is -0.0605. The van der Waals surface area contributed by atoms with Crippen molar-refractivity contribution in [2.75, 3.05) is 18.0 Å². The van der Waals surface area contributed by atoms with Gasteiger partial charge in [-0.15, -0.1) is 0 Å². The summed E-state index contributed by atoms with van der Waals surface area (Å²) in [5.41, 5.74) is 2.08. The first-order valence-electron chi connectivity index (χ1n) is 7.73. The van der Waals surface area contributed by atoms with Crippen LogP contribution in [-0.2, 0) is 4.74 Å². The van der Waals surface area contributed by atoms with Crippen LogP contribution >= 0.6 is 0 Å². The molecule has 1 aromatic carbocycles. The van der Waals surface area contributed by atoms with Crippen LogP contribution in [0.15, 0.2) is 30.5 Å². The summed E-state index contributed by atoms with van der Waals surface area (Å²) in [5.74, 6) is -0.914. The number of carboxylic acid groups (broad SMARTS) is 1. The van der Waals surface area contributed by atoms with E-state index in [1.807, 2.05) is 18.2 Å². The van der Waals surface area contributed by atoms with Gasteiger partial charge in [-0.25, -0.2) is 4.79 Å². The normalized spacial score (nSPS) is 24.5. The second kappa shape index (κ2) is 5.25. The van der Waals surface area contributed by atoms with E-state index in [9.17, 15) is 9.90 Å². The van der Waals surface area contributed by atoms with E-state index in [2.05, 4.69) is 9.88 Å². The van der Waals surface area contributed by atoms with Crippen molar-refractivity contribution in [3.05, 3.63) is 36.0 Å². The molecular weight excluding hydrogens is 280 g/mol. The number of fused-ring (bicyclic) bond motifs is 3. The zero-order valence-electron chi connectivity index (χ0n) is 12.2. The van der Waals surface area contributed by atoms with Crippen LogP contribution in [0.5, 0.6) is 0 Å². The van der Waals surface area contributed by atoms with Gasteiger partial charge in [0.1, 0.15) is 0 Å². The zero-order chi connectivity index (χ0) is 15.1. The lowest BCUT2D eigenvalue weighted by Crippen LogP contribution is -2.50. The minimum atomic E-state index is -0.914. The summed E-state index contributed by atoms with van der Waals surface area (Å²) < 4.78 is 5.98. The maximum absolute atomic E-state index is 11.4. The predicted octanol–water partition coefficient (Wildman–Crippen LogP) is 2.69. The summed E-state index contributed by atoms with van der Waals surface area (Å²) >= 11 is 0. The number of aromatic carboxylic acids is 1. The number of anilines is 1. The topological polar surface area (TPSA) is 62.7 Å². The number of hydrogen-bond acceptors (Lipinski definition) is 4. The van der Waals surface area contributed by atoms with Gasteiger partial charge in [0.05, 0.1) is 23.3 Å². The fourth-order valence-electron chi connectivity index (χ4n) is 3.54. The number of morpholine rings is 1. The standard InChI is InChI=1S/C17H18N2O3/c20-17(21)14-6-7-18-16-5-4-11(8-15(14)16)19-9-12-2-1-3-13(10-19)22-12/h4-8,12-13H,1-3,9-10H2,(H,20,21)/t12-,13+. The number of pyridine rings is 1. The molecule has 2 aliphatic rings. The molecule has 114 valence electrons. The Bertz CT molecular complexity index is 719. The Morgan fingerprint density at radius 3 is 2.73 bits per heavy atom. The number of rotatable bonds is 2. The maximum Gasteiger partial charge on any atom is 0.336 e. The SMILES string of the molecule is O=C(O)c1ccnc2ccc(N3C[C@H]4CCC[C@@H](C3)O4)cc12. The van der Waals surface area contributed by atoms with E-state index < -0.39 is 5.97 Å². The molecule has 1 aromatic heterocycles. The van der Waals surface area contributed by atoms with Crippen LogP contribution in [0.25, 0.3) is 10.9 Å². The highest BCUT2D eigenvalue weighted by atomic mass is 16.5. The van der Waals surface area contributed by atoms with Crippen molar-refractivity contribution in [2.24, 2.45) is 0 Å². The van der Waals surface area contributed by atoms with Gasteiger partial charge in [0, 0.05) is 30.4 Å². The van der Waals surface area contributed by atoms with E-state index in [4.69, 9.17) is 4.74 Å². The van der Waals surface area contributed by atoms with E-state index in [0.717, 1.165) is 37.1 Å². The number of aromatic nitrogens is 1. The van der Waals surface area contributed by atoms with Crippen LogP contribution in [-0.4, -0.2) is 41.4 Å². The first-order valence-corrected chi connectivity index (χ1v) is 7.73. The molecule has 0 aliphatic carbocycles. The summed E-state index contributed by atoms with van der Waals surface area (Å²) in [6.07, 6.45) is 5.62. The largest absolute Gasteiger partial charge is 0.478 e. The maximum atomic E-state index is 11.4. The van der Waals surface area contributed by atoms with Crippen molar-refractivity contribution in [3.8, 4) is 0 Å². The highest BCUT2D eigenvalue weighted by Gasteiger charge is 2.31. The van der Waals surface area contributed by atoms with E-state index in [0.29, 0.717) is 23.2 Å². The first kappa shape index (κ1) is 13.5. The summed E-state index contributed by atoms with van der Waals surface area (Å²) in [6, 6.07) is 7.44. The molecule has 2 aromatic rings. The average Bonchev–Trinajstić information content (AvgIpc) is 2.53. The third-order valence-corrected chi connectivity index (χ3v) is 4.61. The Balaban J connectivity index is 1.73. The van der Waals surface area contributed by atoms with Gasteiger partial charge in [0.2, 0.25) is 0 Å². The van der Waals surface area contributed by atoms with Crippen LogP contribution in [0.4, 0.5) is 5.69 Å². The molecule has 2 aliphatic heterocycles. The Kier molecular flexibility index (Phi) is 3.22. The molecule has 2 atom stereocenters. The second-order valence-electron chi connectivity index (χ2n) is 6.08. The number of hydrogen-bond donors (Lipinski definition) is 1. The molecular formula is C17H18N2O3. The van der Waals surface area contributed by atoms with E-state index >= 15 is 0 Å². The van der Waals surface area contributed by atoms with Gasteiger partial charge in [-0.1, -0.05) is 0 Å². The van der Waals surface area contributed by atoms with Gasteiger partial charge >= 0.3 is 5.97 Å². The molecule has 2 saturated heterocycles. The van der Waals surface area contributed by atoms with E-state index in [1.165, 1.54) is 6.42 Å². The van der Waals surface area contributed by atoms with Crippen molar-refractivity contribution in [2.45, 2.75) is 31.5 Å². The molecule has 0 unspecified atom stereocenters. The highest BCUT2D eigenvalue weighted by molar-refractivity contribution is 6.03. The summed E-state index contributed by atoms with van der Waals surface area (Å²) in [5, 5.41) is 10.1. The Labute approximate surface area is 128 Å². The van der Waals surface area contributed by atoms with Gasteiger partial charge in [0.15, 0.2) is 0 Å². The minimum absolute atomic E-state index is 0.302. The van der Waals surface area contributed by atoms with Gasteiger partial charge in [-0.05, 0) is 43.5 Å². The van der Waals surface area contributed by atoms with Gasteiger partial charge < -0.3 is 14.7 Å². The minimum Gasteiger partial charge on any atom is -0.478 e. The third-order valence-electron chi connectivity index (χ3n) is 4.61. The molecule has 0 spiro atoms.